The largest absolute Gasteiger partial charge is 0.368 e. The molecular weight excluding hydrogens is 204 g/mol. The average Bonchev–Trinajstić information content (AvgIpc) is 2.61. The van der Waals surface area contributed by atoms with Gasteiger partial charge in [-0.1, -0.05) is 6.92 Å². The summed E-state index contributed by atoms with van der Waals surface area (Å²) in [5.74, 6) is 1.68. The van der Waals surface area contributed by atoms with Crippen LogP contribution in [0.15, 0.2) is 12.1 Å². The fourth-order valence-electron chi connectivity index (χ4n) is 1.37. The van der Waals surface area contributed by atoms with Gasteiger partial charge < -0.3 is 5.73 Å². The first kappa shape index (κ1) is 10.5. The van der Waals surface area contributed by atoms with E-state index in [4.69, 9.17) is 5.73 Å². The van der Waals surface area contributed by atoms with Crippen LogP contribution in [0.1, 0.15) is 24.9 Å². The minimum absolute atomic E-state index is 0.349. The second-order valence-electron chi connectivity index (χ2n) is 3.58. The molecule has 0 saturated carbocycles. The zero-order valence-electron chi connectivity index (χ0n) is 9.38. The van der Waals surface area contributed by atoms with E-state index < -0.39 is 0 Å². The van der Waals surface area contributed by atoms with Crippen LogP contribution in [0.2, 0.25) is 0 Å². The zero-order chi connectivity index (χ0) is 11.5. The summed E-state index contributed by atoms with van der Waals surface area (Å²) in [5, 5.41) is 12.2. The Balaban J connectivity index is 2.36. The molecule has 0 unspecified atom stereocenters. The Morgan fingerprint density at radius 3 is 2.75 bits per heavy atom. The van der Waals surface area contributed by atoms with Crippen molar-refractivity contribution in [2.75, 3.05) is 5.73 Å². The Morgan fingerprint density at radius 1 is 1.31 bits per heavy atom. The molecule has 0 fully saturated rings. The van der Waals surface area contributed by atoms with Gasteiger partial charge in [-0.25, -0.2) is 0 Å². The molecule has 6 heteroatoms. The van der Waals surface area contributed by atoms with Gasteiger partial charge in [0.25, 0.3) is 0 Å². The molecular formula is C10H14N6. The van der Waals surface area contributed by atoms with Crippen molar-refractivity contribution in [1.82, 2.24) is 25.0 Å². The summed E-state index contributed by atoms with van der Waals surface area (Å²) in [7, 11) is 0. The van der Waals surface area contributed by atoms with Crippen molar-refractivity contribution in [3.8, 4) is 5.82 Å². The first-order valence-electron chi connectivity index (χ1n) is 5.23. The highest BCUT2D eigenvalue weighted by Gasteiger charge is 2.09. The average molecular weight is 218 g/mol. The van der Waals surface area contributed by atoms with Crippen molar-refractivity contribution < 1.29 is 0 Å². The molecule has 0 spiro atoms. The highest BCUT2D eigenvalue weighted by molar-refractivity contribution is 5.30. The van der Waals surface area contributed by atoms with E-state index in [2.05, 4.69) is 27.2 Å². The Labute approximate surface area is 93.5 Å². The van der Waals surface area contributed by atoms with E-state index in [0.29, 0.717) is 11.8 Å². The third-order valence-electron chi connectivity index (χ3n) is 2.15. The normalized spacial score (nSPS) is 10.6. The lowest BCUT2D eigenvalue weighted by atomic mass is 10.3. The van der Waals surface area contributed by atoms with Crippen LogP contribution in [-0.4, -0.2) is 25.0 Å². The highest BCUT2D eigenvalue weighted by Crippen LogP contribution is 2.09. The second-order valence-corrected chi connectivity index (χ2v) is 3.58. The first-order chi connectivity index (χ1) is 7.70. The van der Waals surface area contributed by atoms with Crippen molar-refractivity contribution in [2.24, 2.45) is 0 Å². The fourth-order valence-corrected chi connectivity index (χ4v) is 1.37. The molecule has 2 aromatic heterocycles. The number of hydrogen-bond donors (Lipinski definition) is 1. The molecule has 0 radical (unpaired) electrons. The van der Waals surface area contributed by atoms with Crippen molar-refractivity contribution in [3.63, 3.8) is 0 Å². The molecule has 0 bridgehead atoms. The highest BCUT2D eigenvalue weighted by atomic mass is 15.4. The zero-order valence-corrected chi connectivity index (χ0v) is 9.38. The number of aryl methyl sites for hydroxylation is 2. The number of aromatic nitrogens is 5. The van der Waals surface area contributed by atoms with Gasteiger partial charge in [0.1, 0.15) is 0 Å². The lowest BCUT2D eigenvalue weighted by Gasteiger charge is -1.99. The van der Waals surface area contributed by atoms with Crippen LogP contribution in [0.3, 0.4) is 0 Å². The number of hydrogen-bond acceptors (Lipinski definition) is 5. The van der Waals surface area contributed by atoms with Crippen molar-refractivity contribution >= 4 is 5.95 Å². The summed E-state index contributed by atoms with van der Waals surface area (Å²) in [6.45, 7) is 3.95. The molecule has 2 heterocycles. The molecule has 0 atom stereocenters. The minimum Gasteiger partial charge on any atom is -0.368 e. The Kier molecular flexibility index (Phi) is 2.80. The van der Waals surface area contributed by atoms with Gasteiger partial charge in [-0.2, -0.15) is 14.8 Å². The predicted molar refractivity (Wildman–Crippen MR) is 60.1 cm³/mol. The molecule has 16 heavy (non-hydrogen) atoms. The number of rotatable bonds is 3. The van der Waals surface area contributed by atoms with E-state index in [1.165, 1.54) is 4.68 Å². The SMILES string of the molecule is CCCc1nc(N)n(-c2ccc(C)nn2)n1. The Morgan fingerprint density at radius 2 is 2.12 bits per heavy atom. The maximum atomic E-state index is 5.76. The molecule has 0 aliphatic carbocycles. The summed E-state index contributed by atoms with van der Waals surface area (Å²) in [5.41, 5.74) is 6.62. The van der Waals surface area contributed by atoms with Crippen molar-refractivity contribution in [3.05, 3.63) is 23.7 Å². The van der Waals surface area contributed by atoms with Crippen LogP contribution in [0.4, 0.5) is 5.95 Å². The number of nitrogens with two attached hydrogens (primary N) is 1. The minimum atomic E-state index is 0.349. The number of nitrogen functional groups attached to an aromatic ring is 1. The number of anilines is 1. The van der Waals surface area contributed by atoms with Crippen LogP contribution in [0.25, 0.3) is 5.82 Å². The first-order valence-corrected chi connectivity index (χ1v) is 5.23. The van der Waals surface area contributed by atoms with E-state index in [0.717, 1.165) is 24.4 Å². The van der Waals surface area contributed by atoms with E-state index in [-0.39, 0.29) is 0 Å². The van der Waals surface area contributed by atoms with Gasteiger partial charge in [0.05, 0.1) is 5.69 Å². The fraction of sp³-hybridized carbons (Fsp3) is 0.400. The third-order valence-corrected chi connectivity index (χ3v) is 2.15. The Hall–Kier alpha value is -1.98. The summed E-state index contributed by atoms with van der Waals surface area (Å²) in [6, 6.07) is 3.69. The molecule has 2 rings (SSSR count). The maximum Gasteiger partial charge on any atom is 0.225 e. The van der Waals surface area contributed by atoms with Crippen LogP contribution < -0.4 is 5.73 Å². The van der Waals surface area contributed by atoms with Gasteiger partial charge in [0, 0.05) is 6.42 Å². The van der Waals surface area contributed by atoms with Crippen molar-refractivity contribution in [1.29, 1.82) is 0 Å². The van der Waals surface area contributed by atoms with Gasteiger partial charge in [-0.15, -0.1) is 10.2 Å². The molecule has 0 aliphatic heterocycles. The molecule has 2 aromatic rings. The second kappa shape index (κ2) is 4.26. The van der Waals surface area contributed by atoms with E-state index >= 15 is 0 Å². The summed E-state index contributed by atoms with van der Waals surface area (Å²) < 4.78 is 1.51. The van der Waals surface area contributed by atoms with Gasteiger partial charge >= 0.3 is 0 Å². The third kappa shape index (κ3) is 2.00. The molecule has 0 saturated heterocycles. The maximum absolute atomic E-state index is 5.76. The molecule has 0 aliphatic rings. The Bertz CT molecular complexity index is 473. The topological polar surface area (TPSA) is 82.5 Å². The summed E-state index contributed by atoms with van der Waals surface area (Å²) >= 11 is 0. The van der Waals surface area contributed by atoms with Gasteiger partial charge in [-0.3, -0.25) is 0 Å². The van der Waals surface area contributed by atoms with Crippen LogP contribution >= 0.6 is 0 Å². The van der Waals surface area contributed by atoms with E-state index in [9.17, 15) is 0 Å². The van der Waals surface area contributed by atoms with E-state index in [1.807, 2.05) is 19.1 Å². The van der Waals surface area contributed by atoms with Crippen LogP contribution in [-0.2, 0) is 6.42 Å². The van der Waals surface area contributed by atoms with Crippen molar-refractivity contribution in [2.45, 2.75) is 26.7 Å². The quantitative estimate of drug-likeness (QED) is 0.827. The smallest absolute Gasteiger partial charge is 0.225 e. The summed E-state index contributed by atoms with van der Waals surface area (Å²) in [6.07, 6.45) is 1.81. The van der Waals surface area contributed by atoms with Crippen LogP contribution in [0, 0.1) is 6.92 Å². The monoisotopic (exact) mass is 218 g/mol. The standard InChI is InChI=1S/C10H14N6/c1-3-4-8-12-10(11)16(15-8)9-6-5-7(2)13-14-9/h5-6H,3-4H2,1-2H3,(H2,11,12,15). The van der Waals surface area contributed by atoms with Gasteiger partial charge in [0.15, 0.2) is 11.6 Å². The molecule has 0 aromatic carbocycles. The summed E-state index contributed by atoms with van der Waals surface area (Å²) in [4.78, 5) is 4.16. The molecule has 6 nitrogen and oxygen atoms in total. The van der Waals surface area contributed by atoms with Crippen LogP contribution in [0.5, 0.6) is 0 Å². The molecule has 84 valence electrons. The van der Waals surface area contributed by atoms with Gasteiger partial charge in [-0.05, 0) is 25.5 Å². The van der Waals surface area contributed by atoms with E-state index in [1.54, 1.807) is 0 Å². The number of nitrogens with zero attached hydrogens (tertiary/aromatic N) is 5. The molecule has 0 amide bonds. The van der Waals surface area contributed by atoms with Gasteiger partial charge in [0.2, 0.25) is 5.95 Å². The predicted octanol–water partition coefficient (Wildman–Crippen LogP) is 0.900. The lowest BCUT2D eigenvalue weighted by molar-refractivity contribution is 0.771. The lowest BCUT2D eigenvalue weighted by Crippen LogP contribution is -2.05. The molecule has 2 N–H and O–H groups in total.